The number of benzene rings is 1. The van der Waals surface area contributed by atoms with E-state index in [0.717, 1.165) is 3.57 Å². The smallest absolute Gasteiger partial charge is 0.387 e. The highest BCUT2D eigenvalue weighted by Crippen LogP contribution is 2.30. The van der Waals surface area contributed by atoms with Gasteiger partial charge in [-0.1, -0.05) is 0 Å². The molecule has 0 atom stereocenters. The highest BCUT2D eigenvalue weighted by Gasteiger charge is 2.10. The third-order valence-electron chi connectivity index (χ3n) is 1.42. The zero-order chi connectivity index (χ0) is 10.6. The Morgan fingerprint density at radius 1 is 1.36 bits per heavy atom. The topological polar surface area (TPSA) is 18.5 Å². The molecule has 1 aromatic rings. The Labute approximate surface area is 94.3 Å². The summed E-state index contributed by atoms with van der Waals surface area (Å²) in [6.07, 6.45) is 0. The Morgan fingerprint density at radius 2 is 2.07 bits per heavy atom. The van der Waals surface area contributed by atoms with Crippen molar-refractivity contribution in [2.75, 3.05) is 6.61 Å². The van der Waals surface area contributed by atoms with Crippen molar-refractivity contribution in [2.24, 2.45) is 0 Å². The standard InChI is InChI=1S/C9H9F2IO2/c1-2-13-8-5-6(12)3-4-7(8)14-9(10)11/h3-5,9H,2H2,1H3. The van der Waals surface area contributed by atoms with Crippen LogP contribution in [0.25, 0.3) is 0 Å². The fraction of sp³-hybridized carbons (Fsp3) is 0.333. The van der Waals surface area contributed by atoms with E-state index in [1.807, 2.05) is 0 Å². The summed E-state index contributed by atoms with van der Waals surface area (Å²) in [5, 5.41) is 0. The predicted molar refractivity (Wildman–Crippen MR) is 57.0 cm³/mol. The van der Waals surface area contributed by atoms with Gasteiger partial charge < -0.3 is 9.47 Å². The second kappa shape index (κ2) is 5.33. The van der Waals surface area contributed by atoms with Crippen LogP contribution in [0, 0.1) is 3.57 Å². The Morgan fingerprint density at radius 3 is 2.64 bits per heavy atom. The van der Waals surface area contributed by atoms with Crippen LogP contribution in [-0.4, -0.2) is 13.2 Å². The van der Waals surface area contributed by atoms with Crippen molar-refractivity contribution in [3.8, 4) is 11.5 Å². The van der Waals surface area contributed by atoms with Crippen molar-refractivity contribution in [2.45, 2.75) is 13.5 Å². The van der Waals surface area contributed by atoms with Crippen molar-refractivity contribution >= 4 is 22.6 Å². The second-order valence-corrected chi connectivity index (χ2v) is 3.65. The number of alkyl halides is 2. The Hall–Kier alpha value is -0.590. The van der Waals surface area contributed by atoms with Gasteiger partial charge in [-0.15, -0.1) is 0 Å². The number of halogens is 3. The van der Waals surface area contributed by atoms with Crippen molar-refractivity contribution in [3.63, 3.8) is 0 Å². The van der Waals surface area contributed by atoms with Crippen LogP contribution >= 0.6 is 22.6 Å². The maximum absolute atomic E-state index is 12.0. The van der Waals surface area contributed by atoms with E-state index in [2.05, 4.69) is 27.3 Å². The first-order valence-corrected chi connectivity index (χ1v) is 5.08. The zero-order valence-electron chi connectivity index (χ0n) is 7.47. The van der Waals surface area contributed by atoms with Gasteiger partial charge in [-0.05, 0) is 47.7 Å². The quantitative estimate of drug-likeness (QED) is 0.794. The van der Waals surface area contributed by atoms with E-state index in [4.69, 9.17) is 4.74 Å². The van der Waals surface area contributed by atoms with Gasteiger partial charge in [0.2, 0.25) is 0 Å². The molecule has 0 saturated carbocycles. The Bertz CT molecular complexity index is 305. The molecule has 0 aliphatic carbocycles. The van der Waals surface area contributed by atoms with Gasteiger partial charge in [-0.2, -0.15) is 8.78 Å². The lowest BCUT2D eigenvalue weighted by atomic mass is 10.3. The maximum Gasteiger partial charge on any atom is 0.387 e. The van der Waals surface area contributed by atoms with Gasteiger partial charge in [-0.25, -0.2) is 0 Å². The number of ether oxygens (including phenoxy) is 2. The molecule has 0 unspecified atom stereocenters. The van der Waals surface area contributed by atoms with Gasteiger partial charge in [-0.3, -0.25) is 0 Å². The van der Waals surface area contributed by atoms with E-state index in [0.29, 0.717) is 12.4 Å². The van der Waals surface area contributed by atoms with Crippen molar-refractivity contribution in [1.29, 1.82) is 0 Å². The highest BCUT2D eigenvalue weighted by atomic mass is 127. The van der Waals surface area contributed by atoms with E-state index in [-0.39, 0.29) is 5.75 Å². The van der Waals surface area contributed by atoms with Crippen LogP contribution in [0.4, 0.5) is 8.78 Å². The summed E-state index contributed by atoms with van der Waals surface area (Å²) >= 11 is 2.07. The van der Waals surface area contributed by atoms with E-state index in [1.54, 1.807) is 19.1 Å². The summed E-state index contributed by atoms with van der Waals surface area (Å²) in [4.78, 5) is 0. The summed E-state index contributed by atoms with van der Waals surface area (Å²) in [5.41, 5.74) is 0. The molecule has 1 aromatic carbocycles. The fourth-order valence-electron chi connectivity index (χ4n) is 0.944. The molecule has 1 rings (SSSR count). The van der Waals surface area contributed by atoms with Crippen LogP contribution in [-0.2, 0) is 0 Å². The lowest BCUT2D eigenvalue weighted by Crippen LogP contribution is -2.04. The molecular weight excluding hydrogens is 305 g/mol. The van der Waals surface area contributed by atoms with Crippen LogP contribution in [0.5, 0.6) is 11.5 Å². The second-order valence-electron chi connectivity index (χ2n) is 2.40. The number of hydrogen-bond acceptors (Lipinski definition) is 2. The molecule has 0 bridgehead atoms. The third-order valence-corrected chi connectivity index (χ3v) is 2.09. The molecule has 0 N–H and O–H groups in total. The molecule has 5 heteroatoms. The normalized spacial score (nSPS) is 10.4. The van der Waals surface area contributed by atoms with Gasteiger partial charge in [0.15, 0.2) is 11.5 Å². The largest absolute Gasteiger partial charge is 0.490 e. The van der Waals surface area contributed by atoms with Gasteiger partial charge in [0.25, 0.3) is 0 Å². The van der Waals surface area contributed by atoms with Crippen molar-refractivity contribution in [3.05, 3.63) is 21.8 Å². The lowest BCUT2D eigenvalue weighted by Gasteiger charge is -2.10. The molecular formula is C9H9F2IO2. The molecule has 0 radical (unpaired) electrons. The van der Waals surface area contributed by atoms with E-state index in [1.165, 1.54) is 6.07 Å². The van der Waals surface area contributed by atoms with E-state index >= 15 is 0 Å². The molecule has 0 aliphatic heterocycles. The molecule has 0 aromatic heterocycles. The Balaban J connectivity index is 2.89. The summed E-state index contributed by atoms with van der Waals surface area (Å²) in [5.74, 6) is 0.418. The SMILES string of the molecule is CCOc1cc(I)ccc1OC(F)F. The van der Waals surface area contributed by atoms with Crippen LogP contribution in [0.15, 0.2) is 18.2 Å². The number of rotatable bonds is 4. The van der Waals surface area contributed by atoms with Gasteiger partial charge >= 0.3 is 6.61 Å². The highest BCUT2D eigenvalue weighted by molar-refractivity contribution is 14.1. The maximum atomic E-state index is 12.0. The summed E-state index contributed by atoms with van der Waals surface area (Å²) in [7, 11) is 0. The zero-order valence-corrected chi connectivity index (χ0v) is 9.62. The molecule has 0 aliphatic rings. The van der Waals surface area contributed by atoms with Gasteiger partial charge in [0.05, 0.1) is 6.61 Å². The van der Waals surface area contributed by atoms with E-state index in [9.17, 15) is 8.78 Å². The first-order valence-electron chi connectivity index (χ1n) is 4.00. The fourth-order valence-corrected chi connectivity index (χ4v) is 1.41. The molecule has 0 saturated heterocycles. The minimum absolute atomic E-state index is 0.0715. The average molecular weight is 314 g/mol. The molecule has 0 amide bonds. The predicted octanol–water partition coefficient (Wildman–Crippen LogP) is 3.29. The average Bonchev–Trinajstić information content (AvgIpc) is 2.09. The molecule has 0 spiro atoms. The molecule has 14 heavy (non-hydrogen) atoms. The van der Waals surface area contributed by atoms with Gasteiger partial charge in [0.1, 0.15) is 0 Å². The lowest BCUT2D eigenvalue weighted by molar-refractivity contribution is -0.0514. The molecule has 78 valence electrons. The molecule has 2 nitrogen and oxygen atoms in total. The van der Waals surface area contributed by atoms with Crippen molar-refractivity contribution in [1.82, 2.24) is 0 Å². The van der Waals surface area contributed by atoms with Crippen LogP contribution in [0.1, 0.15) is 6.92 Å². The minimum atomic E-state index is -2.82. The third kappa shape index (κ3) is 3.28. The summed E-state index contributed by atoms with van der Waals surface area (Å²) in [6.45, 7) is -0.625. The summed E-state index contributed by atoms with van der Waals surface area (Å²) < 4.78 is 34.3. The van der Waals surface area contributed by atoms with E-state index < -0.39 is 6.61 Å². The first-order chi connectivity index (χ1) is 6.63. The van der Waals surface area contributed by atoms with Crippen molar-refractivity contribution < 1.29 is 18.3 Å². The monoisotopic (exact) mass is 314 g/mol. The van der Waals surface area contributed by atoms with Gasteiger partial charge in [0, 0.05) is 3.57 Å². The summed E-state index contributed by atoms with van der Waals surface area (Å²) in [6, 6.07) is 4.81. The first kappa shape index (κ1) is 11.5. The van der Waals surface area contributed by atoms with Crippen LogP contribution in [0.2, 0.25) is 0 Å². The Kier molecular flexibility index (Phi) is 4.37. The van der Waals surface area contributed by atoms with Crippen LogP contribution < -0.4 is 9.47 Å². The van der Waals surface area contributed by atoms with Crippen LogP contribution in [0.3, 0.4) is 0 Å². The minimum Gasteiger partial charge on any atom is -0.490 e. The molecule has 0 heterocycles. The molecule has 0 fully saturated rings. The number of hydrogen-bond donors (Lipinski definition) is 0.